The lowest BCUT2D eigenvalue weighted by atomic mass is 10.2. The van der Waals surface area contributed by atoms with Crippen LogP contribution < -0.4 is 5.32 Å². The van der Waals surface area contributed by atoms with E-state index in [1.165, 1.54) is 4.31 Å². The van der Waals surface area contributed by atoms with Crippen molar-refractivity contribution in [1.29, 1.82) is 0 Å². The molecule has 1 aromatic heterocycles. The Morgan fingerprint density at radius 3 is 2.70 bits per heavy atom. The van der Waals surface area contributed by atoms with Crippen molar-refractivity contribution in [2.45, 2.75) is 49.2 Å². The highest BCUT2D eigenvalue weighted by molar-refractivity contribution is 7.89. The average Bonchev–Trinajstić information content (AvgIpc) is 3.24. The second-order valence-corrected chi connectivity index (χ2v) is 9.13. The minimum Gasteiger partial charge on any atom is -0.347 e. The molecule has 1 saturated carbocycles. The van der Waals surface area contributed by atoms with Crippen molar-refractivity contribution in [3.8, 4) is 0 Å². The molecule has 0 spiro atoms. The fourth-order valence-corrected chi connectivity index (χ4v) is 5.45. The van der Waals surface area contributed by atoms with E-state index in [9.17, 15) is 13.2 Å². The van der Waals surface area contributed by atoms with Crippen molar-refractivity contribution in [3.05, 3.63) is 40.9 Å². The summed E-state index contributed by atoms with van der Waals surface area (Å²) in [6.45, 7) is 0.564. The molecule has 1 saturated heterocycles. The molecule has 2 aromatic rings. The highest BCUT2D eigenvalue weighted by Crippen LogP contribution is 2.35. The number of hydrogen-bond donors (Lipinski definition) is 2. The molecular weight excluding hydrogens is 386 g/mol. The summed E-state index contributed by atoms with van der Waals surface area (Å²) >= 11 is 5.24. The smallest absolute Gasteiger partial charge is 0.243 e. The molecule has 1 aromatic carbocycles. The molecule has 8 nitrogen and oxygen atoms in total. The number of aromatic amines is 1. The Labute approximate surface area is 162 Å². The van der Waals surface area contributed by atoms with Gasteiger partial charge in [0.25, 0.3) is 0 Å². The fourth-order valence-electron chi connectivity index (χ4n) is 3.47. The normalized spacial score (nSPS) is 20.7. The van der Waals surface area contributed by atoms with Crippen LogP contribution >= 0.6 is 12.2 Å². The van der Waals surface area contributed by atoms with Gasteiger partial charge >= 0.3 is 0 Å². The third-order valence-electron chi connectivity index (χ3n) is 4.97. The van der Waals surface area contributed by atoms with E-state index >= 15 is 0 Å². The molecule has 1 atom stereocenters. The number of amides is 1. The van der Waals surface area contributed by atoms with Gasteiger partial charge in [-0.2, -0.15) is 9.40 Å². The molecule has 2 heterocycles. The third-order valence-corrected chi connectivity index (χ3v) is 7.18. The Balaban J connectivity index is 1.48. The summed E-state index contributed by atoms with van der Waals surface area (Å²) in [4.78, 5) is 12.9. The molecule has 144 valence electrons. The fraction of sp³-hybridized carbons (Fsp3) is 0.471. The van der Waals surface area contributed by atoms with E-state index in [-0.39, 0.29) is 17.3 Å². The van der Waals surface area contributed by atoms with Crippen LogP contribution in [0.25, 0.3) is 0 Å². The second-order valence-electron chi connectivity index (χ2n) is 6.85. The maximum Gasteiger partial charge on any atom is 0.243 e. The van der Waals surface area contributed by atoms with Gasteiger partial charge in [-0.1, -0.05) is 18.2 Å². The summed E-state index contributed by atoms with van der Waals surface area (Å²) in [6, 6.07) is 7.87. The highest BCUT2D eigenvalue weighted by Gasteiger charge is 2.39. The Hall–Kier alpha value is -2.04. The summed E-state index contributed by atoms with van der Waals surface area (Å²) in [5, 5.41) is 9.79. The first-order valence-corrected chi connectivity index (χ1v) is 10.8. The number of H-pyrrole nitrogens is 1. The number of sulfonamides is 1. The number of carbonyl (C=O) groups excluding carboxylic acids is 1. The topological polar surface area (TPSA) is 100 Å². The summed E-state index contributed by atoms with van der Waals surface area (Å²) < 4.78 is 29.6. The van der Waals surface area contributed by atoms with Crippen LogP contribution in [0, 0.1) is 4.77 Å². The van der Waals surface area contributed by atoms with Crippen molar-refractivity contribution in [1.82, 2.24) is 24.4 Å². The summed E-state index contributed by atoms with van der Waals surface area (Å²) in [5.41, 5.74) is 0. The van der Waals surface area contributed by atoms with Gasteiger partial charge in [0.05, 0.1) is 11.4 Å². The molecule has 0 radical (unpaired) electrons. The molecule has 1 aliphatic carbocycles. The van der Waals surface area contributed by atoms with Crippen LogP contribution in [-0.4, -0.2) is 46.0 Å². The van der Waals surface area contributed by atoms with Gasteiger partial charge in [0.1, 0.15) is 6.04 Å². The molecule has 4 rings (SSSR count). The summed E-state index contributed by atoms with van der Waals surface area (Å²) in [5.74, 6) is 0.370. The average molecular weight is 408 g/mol. The van der Waals surface area contributed by atoms with Gasteiger partial charge in [-0.3, -0.25) is 14.5 Å². The van der Waals surface area contributed by atoms with Crippen LogP contribution in [0.2, 0.25) is 0 Å². The van der Waals surface area contributed by atoms with E-state index in [0.717, 1.165) is 12.8 Å². The van der Waals surface area contributed by atoms with Gasteiger partial charge < -0.3 is 5.32 Å². The lowest BCUT2D eigenvalue weighted by molar-refractivity contribution is -0.124. The second kappa shape index (κ2) is 7.17. The molecule has 0 bridgehead atoms. The lowest BCUT2D eigenvalue weighted by Gasteiger charge is -2.23. The third kappa shape index (κ3) is 3.56. The first-order valence-electron chi connectivity index (χ1n) is 8.99. The number of benzene rings is 1. The van der Waals surface area contributed by atoms with Crippen molar-refractivity contribution >= 4 is 28.1 Å². The lowest BCUT2D eigenvalue weighted by Crippen LogP contribution is -2.45. The van der Waals surface area contributed by atoms with E-state index in [1.807, 2.05) is 4.57 Å². The van der Waals surface area contributed by atoms with E-state index < -0.39 is 16.1 Å². The predicted molar refractivity (Wildman–Crippen MR) is 101 cm³/mol. The van der Waals surface area contributed by atoms with Crippen molar-refractivity contribution < 1.29 is 13.2 Å². The minimum atomic E-state index is -3.69. The number of nitrogens with one attached hydrogen (secondary N) is 2. The van der Waals surface area contributed by atoms with E-state index in [1.54, 1.807) is 30.3 Å². The van der Waals surface area contributed by atoms with Crippen LogP contribution in [0.3, 0.4) is 0 Å². The van der Waals surface area contributed by atoms with Crippen LogP contribution in [0.4, 0.5) is 0 Å². The molecule has 27 heavy (non-hydrogen) atoms. The standard InChI is InChI=1S/C17H21N5O3S2/c23-16(18-11-15-19-20-17(26)22(15)12-8-9-12)14-7-4-10-21(14)27(24,25)13-5-2-1-3-6-13/h1-3,5-6,12,14H,4,7-11H2,(H,18,23)(H,20,26). The van der Waals surface area contributed by atoms with Crippen LogP contribution in [0.15, 0.2) is 35.2 Å². The van der Waals surface area contributed by atoms with Gasteiger partial charge in [-0.05, 0) is 50.0 Å². The van der Waals surface area contributed by atoms with Gasteiger partial charge in [0, 0.05) is 12.6 Å². The van der Waals surface area contributed by atoms with Crippen molar-refractivity contribution in [2.24, 2.45) is 0 Å². The SMILES string of the molecule is O=C(NCc1n[nH]c(=S)n1C1CC1)C1CCCN1S(=O)(=O)c1ccccc1. The Morgan fingerprint density at radius 2 is 2.00 bits per heavy atom. The predicted octanol–water partition coefficient (Wildman–Crippen LogP) is 1.75. The summed E-state index contributed by atoms with van der Waals surface area (Å²) in [7, 11) is -3.69. The number of nitrogens with zero attached hydrogens (tertiary/aromatic N) is 3. The quantitative estimate of drug-likeness (QED) is 0.711. The molecule has 1 amide bonds. The Morgan fingerprint density at radius 1 is 1.26 bits per heavy atom. The largest absolute Gasteiger partial charge is 0.347 e. The highest BCUT2D eigenvalue weighted by atomic mass is 32.2. The van der Waals surface area contributed by atoms with Gasteiger partial charge in [-0.25, -0.2) is 8.42 Å². The van der Waals surface area contributed by atoms with Gasteiger partial charge in [0.15, 0.2) is 10.6 Å². The number of hydrogen-bond acceptors (Lipinski definition) is 5. The van der Waals surface area contributed by atoms with Crippen LogP contribution in [0.1, 0.15) is 37.5 Å². The molecular formula is C17H21N5O3S2. The van der Waals surface area contributed by atoms with Crippen LogP contribution in [-0.2, 0) is 21.4 Å². The Kier molecular flexibility index (Phi) is 4.87. The molecule has 2 aliphatic rings. The maximum atomic E-state index is 12.9. The van der Waals surface area contributed by atoms with E-state index in [0.29, 0.717) is 36.0 Å². The van der Waals surface area contributed by atoms with Crippen molar-refractivity contribution in [2.75, 3.05) is 6.54 Å². The minimum absolute atomic E-state index is 0.208. The summed E-state index contributed by atoms with van der Waals surface area (Å²) in [6.07, 6.45) is 3.28. The first-order chi connectivity index (χ1) is 13.0. The monoisotopic (exact) mass is 407 g/mol. The van der Waals surface area contributed by atoms with Crippen LogP contribution in [0.5, 0.6) is 0 Å². The number of aromatic nitrogens is 3. The zero-order valence-electron chi connectivity index (χ0n) is 14.7. The molecule has 2 N–H and O–H groups in total. The molecule has 1 aliphatic heterocycles. The zero-order valence-corrected chi connectivity index (χ0v) is 16.3. The van der Waals surface area contributed by atoms with Gasteiger partial charge in [0.2, 0.25) is 15.9 Å². The molecule has 2 fully saturated rings. The Bertz CT molecular complexity index is 995. The van der Waals surface area contributed by atoms with Gasteiger partial charge in [-0.15, -0.1) is 0 Å². The van der Waals surface area contributed by atoms with E-state index in [4.69, 9.17) is 12.2 Å². The molecule has 1 unspecified atom stereocenters. The van der Waals surface area contributed by atoms with Crippen molar-refractivity contribution in [3.63, 3.8) is 0 Å². The maximum absolute atomic E-state index is 12.9. The zero-order chi connectivity index (χ0) is 19.0. The van der Waals surface area contributed by atoms with E-state index in [2.05, 4.69) is 15.5 Å². The first kappa shape index (κ1) is 18.3. The number of rotatable bonds is 6. The number of carbonyl (C=O) groups is 1. The molecule has 10 heteroatoms.